The van der Waals surface area contributed by atoms with Gasteiger partial charge in [0, 0.05) is 10.5 Å². The molecule has 0 aromatic heterocycles. The number of nitrogens with two attached hydrogens (primary N) is 1. The number of benzene rings is 1. The van der Waals surface area contributed by atoms with E-state index in [0.29, 0.717) is 13.0 Å². The molecule has 4 heteroatoms. The van der Waals surface area contributed by atoms with Gasteiger partial charge in [0.15, 0.2) is 0 Å². The fraction of sp³-hybridized carbons (Fsp3) is 0.500. The van der Waals surface area contributed by atoms with Crippen LogP contribution >= 0.6 is 15.9 Å². The summed E-state index contributed by atoms with van der Waals surface area (Å²) in [5, 5.41) is 0. The molecule has 100 valence electrons. The largest absolute Gasteiger partial charge is 0.466 e. The first-order valence-corrected chi connectivity index (χ1v) is 6.99. The summed E-state index contributed by atoms with van der Waals surface area (Å²) in [6.45, 7) is 4.09. The number of hydrogen-bond acceptors (Lipinski definition) is 3. The Hall–Kier alpha value is -0.870. The van der Waals surface area contributed by atoms with Gasteiger partial charge in [0.05, 0.1) is 12.5 Å². The molecule has 2 N–H and O–H groups in total. The van der Waals surface area contributed by atoms with Crippen molar-refractivity contribution in [2.24, 2.45) is 11.7 Å². The van der Waals surface area contributed by atoms with Gasteiger partial charge in [-0.05, 0) is 37.5 Å². The standard InChI is InChI=1S/C14H20BrNO2/c1-3-18-14(17)10(2)8-13(16)9-11-4-6-12(15)7-5-11/h4-7,10,13H,3,8-9,16H2,1-2H3/t10-,13+/m1/s1. The number of carbonyl (C=O) groups is 1. The Kier molecular flexibility index (Phi) is 6.36. The lowest BCUT2D eigenvalue weighted by Crippen LogP contribution is -2.29. The number of ether oxygens (including phenoxy) is 1. The van der Waals surface area contributed by atoms with E-state index in [0.717, 1.165) is 10.9 Å². The quantitative estimate of drug-likeness (QED) is 0.822. The van der Waals surface area contributed by atoms with Gasteiger partial charge in [-0.25, -0.2) is 0 Å². The Labute approximate surface area is 117 Å². The zero-order valence-electron chi connectivity index (χ0n) is 10.9. The van der Waals surface area contributed by atoms with Crippen LogP contribution in [-0.4, -0.2) is 18.6 Å². The van der Waals surface area contributed by atoms with E-state index in [4.69, 9.17) is 10.5 Å². The first-order valence-electron chi connectivity index (χ1n) is 6.19. The zero-order chi connectivity index (χ0) is 13.5. The summed E-state index contributed by atoms with van der Waals surface area (Å²) < 4.78 is 6.03. The average molecular weight is 314 g/mol. The second kappa shape index (κ2) is 7.54. The Bertz CT molecular complexity index is 378. The minimum Gasteiger partial charge on any atom is -0.466 e. The number of esters is 1. The van der Waals surface area contributed by atoms with E-state index in [1.807, 2.05) is 38.1 Å². The van der Waals surface area contributed by atoms with Crippen molar-refractivity contribution in [1.29, 1.82) is 0 Å². The predicted molar refractivity (Wildman–Crippen MR) is 76.2 cm³/mol. The van der Waals surface area contributed by atoms with Gasteiger partial charge in [-0.2, -0.15) is 0 Å². The van der Waals surface area contributed by atoms with Gasteiger partial charge >= 0.3 is 5.97 Å². The van der Waals surface area contributed by atoms with Crippen molar-refractivity contribution in [3.8, 4) is 0 Å². The molecule has 0 unspecified atom stereocenters. The van der Waals surface area contributed by atoms with E-state index in [-0.39, 0.29) is 17.9 Å². The summed E-state index contributed by atoms with van der Waals surface area (Å²) in [5.41, 5.74) is 7.24. The molecule has 0 amide bonds. The number of hydrogen-bond donors (Lipinski definition) is 1. The molecule has 0 spiro atoms. The van der Waals surface area contributed by atoms with Crippen LogP contribution in [0.4, 0.5) is 0 Å². The highest BCUT2D eigenvalue weighted by Crippen LogP contribution is 2.14. The van der Waals surface area contributed by atoms with E-state index in [1.165, 1.54) is 5.56 Å². The van der Waals surface area contributed by atoms with Gasteiger partial charge in [-0.3, -0.25) is 4.79 Å². The van der Waals surface area contributed by atoms with Crippen LogP contribution in [0, 0.1) is 5.92 Å². The van der Waals surface area contributed by atoms with Crippen LogP contribution in [0.25, 0.3) is 0 Å². The SMILES string of the molecule is CCOC(=O)[C@H](C)C[C@H](N)Cc1ccc(Br)cc1. The van der Waals surface area contributed by atoms with Crippen LogP contribution in [0.5, 0.6) is 0 Å². The first-order chi connectivity index (χ1) is 8.52. The maximum atomic E-state index is 11.5. The summed E-state index contributed by atoms with van der Waals surface area (Å²) >= 11 is 3.40. The maximum absolute atomic E-state index is 11.5. The molecule has 3 nitrogen and oxygen atoms in total. The van der Waals surface area contributed by atoms with E-state index < -0.39 is 0 Å². The minimum atomic E-state index is -0.163. The molecule has 0 fully saturated rings. The molecule has 2 atom stereocenters. The molecule has 18 heavy (non-hydrogen) atoms. The molecule has 0 saturated heterocycles. The first kappa shape index (κ1) is 15.2. The Balaban J connectivity index is 2.43. The van der Waals surface area contributed by atoms with Crippen molar-refractivity contribution in [2.75, 3.05) is 6.61 Å². The molecular weight excluding hydrogens is 294 g/mol. The van der Waals surface area contributed by atoms with Crippen molar-refractivity contribution in [1.82, 2.24) is 0 Å². The van der Waals surface area contributed by atoms with Crippen LogP contribution in [0.2, 0.25) is 0 Å². The molecule has 0 aliphatic heterocycles. The lowest BCUT2D eigenvalue weighted by molar-refractivity contribution is -0.147. The molecule has 1 aromatic carbocycles. The third-order valence-corrected chi connectivity index (χ3v) is 3.29. The normalized spacial score (nSPS) is 14.0. The third kappa shape index (κ3) is 5.19. The zero-order valence-corrected chi connectivity index (χ0v) is 12.4. The van der Waals surface area contributed by atoms with Gasteiger partial charge in [0.25, 0.3) is 0 Å². The van der Waals surface area contributed by atoms with Crippen LogP contribution in [0.3, 0.4) is 0 Å². The molecular formula is C14H20BrNO2. The monoisotopic (exact) mass is 313 g/mol. The van der Waals surface area contributed by atoms with Gasteiger partial charge in [-0.15, -0.1) is 0 Å². The summed E-state index contributed by atoms with van der Waals surface area (Å²) in [6, 6.07) is 8.05. The molecule has 0 aliphatic rings. The molecule has 0 heterocycles. The van der Waals surface area contributed by atoms with E-state index in [1.54, 1.807) is 0 Å². The molecule has 1 aromatic rings. The topological polar surface area (TPSA) is 52.3 Å². The Morgan fingerprint density at radius 2 is 2.00 bits per heavy atom. The average Bonchev–Trinajstić information content (AvgIpc) is 2.32. The smallest absolute Gasteiger partial charge is 0.308 e. The summed E-state index contributed by atoms with van der Waals surface area (Å²) in [7, 11) is 0. The van der Waals surface area contributed by atoms with Crippen molar-refractivity contribution in [2.45, 2.75) is 32.7 Å². The van der Waals surface area contributed by atoms with Crippen molar-refractivity contribution >= 4 is 21.9 Å². The van der Waals surface area contributed by atoms with Crippen LogP contribution in [-0.2, 0) is 16.0 Å². The minimum absolute atomic E-state index is 0.0226. The lowest BCUT2D eigenvalue weighted by Gasteiger charge is -2.16. The second-order valence-corrected chi connectivity index (χ2v) is 5.40. The molecule has 0 saturated carbocycles. The molecule has 0 aliphatic carbocycles. The van der Waals surface area contributed by atoms with Gasteiger partial charge < -0.3 is 10.5 Å². The predicted octanol–water partition coefficient (Wildman–Crippen LogP) is 2.91. The number of rotatable bonds is 6. The molecule has 0 radical (unpaired) electrons. The van der Waals surface area contributed by atoms with Crippen molar-refractivity contribution in [3.63, 3.8) is 0 Å². The maximum Gasteiger partial charge on any atom is 0.308 e. The fourth-order valence-electron chi connectivity index (χ4n) is 1.84. The van der Waals surface area contributed by atoms with Crippen molar-refractivity contribution < 1.29 is 9.53 Å². The Morgan fingerprint density at radius 3 is 2.56 bits per heavy atom. The van der Waals surface area contributed by atoms with Gasteiger partial charge in [-0.1, -0.05) is 35.0 Å². The van der Waals surface area contributed by atoms with E-state index in [9.17, 15) is 4.79 Å². The fourth-order valence-corrected chi connectivity index (χ4v) is 2.11. The van der Waals surface area contributed by atoms with Crippen molar-refractivity contribution in [3.05, 3.63) is 34.3 Å². The molecule has 0 bridgehead atoms. The number of halogens is 1. The highest BCUT2D eigenvalue weighted by Gasteiger charge is 2.17. The van der Waals surface area contributed by atoms with Gasteiger partial charge in [0.2, 0.25) is 0 Å². The second-order valence-electron chi connectivity index (χ2n) is 4.48. The highest BCUT2D eigenvalue weighted by molar-refractivity contribution is 9.10. The summed E-state index contributed by atoms with van der Waals surface area (Å²) in [4.78, 5) is 11.5. The Morgan fingerprint density at radius 1 is 1.39 bits per heavy atom. The summed E-state index contributed by atoms with van der Waals surface area (Å²) in [5.74, 6) is -0.306. The van der Waals surface area contributed by atoms with Gasteiger partial charge in [0.1, 0.15) is 0 Å². The lowest BCUT2D eigenvalue weighted by atomic mass is 9.97. The third-order valence-electron chi connectivity index (χ3n) is 2.76. The van der Waals surface area contributed by atoms with Crippen LogP contribution in [0.1, 0.15) is 25.8 Å². The summed E-state index contributed by atoms with van der Waals surface area (Å²) in [6.07, 6.45) is 1.42. The highest BCUT2D eigenvalue weighted by atomic mass is 79.9. The van der Waals surface area contributed by atoms with E-state index in [2.05, 4.69) is 15.9 Å². The van der Waals surface area contributed by atoms with Crippen LogP contribution < -0.4 is 5.73 Å². The van der Waals surface area contributed by atoms with E-state index >= 15 is 0 Å². The van der Waals surface area contributed by atoms with Crippen LogP contribution in [0.15, 0.2) is 28.7 Å². The molecule has 1 rings (SSSR count). The number of carbonyl (C=O) groups excluding carboxylic acids is 1.